The average Bonchev–Trinajstić information content (AvgIpc) is 2.97. The van der Waals surface area contributed by atoms with Gasteiger partial charge in [0.15, 0.2) is 0 Å². The minimum absolute atomic E-state index is 0.516. The van der Waals surface area contributed by atoms with E-state index in [1.165, 1.54) is 12.1 Å². The molecule has 0 aliphatic carbocycles. The largest absolute Gasteiger partial charge is 0.381 e. The van der Waals surface area contributed by atoms with Crippen LogP contribution in [0.4, 0.5) is 0 Å². The molecule has 1 aromatic heterocycles. The van der Waals surface area contributed by atoms with Gasteiger partial charge in [-0.15, -0.1) is 0 Å². The quantitative estimate of drug-likeness (QED) is 0.820. The predicted molar refractivity (Wildman–Crippen MR) is 67.7 cm³/mol. The summed E-state index contributed by atoms with van der Waals surface area (Å²) in [5.74, 6) is 0.664. The number of ether oxygens (including phenoxy) is 1. The van der Waals surface area contributed by atoms with Gasteiger partial charge in [0.25, 0.3) is 0 Å². The molecular weight excluding hydrogens is 214 g/mol. The Bertz CT molecular complexity index is 331. The van der Waals surface area contributed by atoms with Gasteiger partial charge in [-0.25, -0.2) is 0 Å². The highest BCUT2D eigenvalue weighted by Crippen LogP contribution is 2.16. The molecule has 2 rings (SSSR count). The normalized spacial score (nSPS) is 21.9. The molecule has 2 atom stereocenters. The van der Waals surface area contributed by atoms with Crippen LogP contribution >= 0.6 is 0 Å². The van der Waals surface area contributed by atoms with Gasteiger partial charge in [-0.3, -0.25) is 4.68 Å². The summed E-state index contributed by atoms with van der Waals surface area (Å²) in [6, 6.07) is 2.61. The monoisotopic (exact) mass is 237 g/mol. The first-order chi connectivity index (χ1) is 8.31. The number of aryl methyl sites for hydroxylation is 1. The lowest BCUT2D eigenvalue weighted by Gasteiger charge is -2.19. The number of rotatable bonds is 6. The number of nitrogens with zero attached hydrogens (tertiary/aromatic N) is 2. The molecule has 4 heteroatoms. The Morgan fingerprint density at radius 3 is 3.24 bits per heavy atom. The van der Waals surface area contributed by atoms with E-state index in [0.29, 0.717) is 12.0 Å². The van der Waals surface area contributed by atoms with E-state index in [1.54, 1.807) is 0 Å². The molecule has 2 unspecified atom stereocenters. The molecule has 0 spiro atoms. The molecule has 1 aliphatic heterocycles. The Kier molecular flexibility index (Phi) is 4.57. The first kappa shape index (κ1) is 12.6. The fourth-order valence-electron chi connectivity index (χ4n) is 2.30. The van der Waals surface area contributed by atoms with Crippen LogP contribution in [0.5, 0.6) is 0 Å². The molecule has 0 radical (unpaired) electrons. The van der Waals surface area contributed by atoms with Gasteiger partial charge in [-0.05, 0) is 31.7 Å². The van der Waals surface area contributed by atoms with Gasteiger partial charge < -0.3 is 10.1 Å². The number of hydrogen-bond donors (Lipinski definition) is 1. The Hall–Kier alpha value is -0.870. The summed E-state index contributed by atoms with van der Waals surface area (Å²) in [5.41, 5.74) is 1.28. The fraction of sp³-hybridized carbons (Fsp3) is 0.769. The Balaban J connectivity index is 1.81. The van der Waals surface area contributed by atoms with Crippen LogP contribution in [0, 0.1) is 5.92 Å². The summed E-state index contributed by atoms with van der Waals surface area (Å²) in [4.78, 5) is 0. The molecule has 1 aromatic rings. The molecule has 0 bridgehead atoms. The summed E-state index contributed by atoms with van der Waals surface area (Å²) in [5, 5.41) is 7.92. The van der Waals surface area contributed by atoms with Crippen molar-refractivity contribution in [2.45, 2.75) is 45.8 Å². The summed E-state index contributed by atoms with van der Waals surface area (Å²) in [6.45, 7) is 8.16. The number of aromatic nitrogens is 2. The van der Waals surface area contributed by atoms with Gasteiger partial charge in [0, 0.05) is 31.9 Å². The SMILES string of the molecule is CCCn1nccc1CNC(C)C1CCOC1. The van der Waals surface area contributed by atoms with E-state index in [0.717, 1.165) is 32.7 Å². The van der Waals surface area contributed by atoms with E-state index >= 15 is 0 Å². The second-order valence-electron chi connectivity index (χ2n) is 4.84. The van der Waals surface area contributed by atoms with Crippen molar-refractivity contribution in [3.8, 4) is 0 Å². The Labute approximate surface area is 103 Å². The standard InChI is InChI=1S/C13H23N3O/c1-3-7-16-13(4-6-15-16)9-14-11(2)12-5-8-17-10-12/h4,6,11-12,14H,3,5,7-10H2,1-2H3. The highest BCUT2D eigenvalue weighted by atomic mass is 16.5. The van der Waals surface area contributed by atoms with E-state index in [-0.39, 0.29) is 0 Å². The van der Waals surface area contributed by atoms with Crippen molar-refractivity contribution in [2.24, 2.45) is 5.92 Å². The van der Waals surface area contributed by atoms with Crippen molar-refractivity contribution in [3.63, 3.8) is 0 Å². The van der Waals surface area contributed by atoms with Crippen molar-refractivity contribution in [2.75, 3.05) is 13.2 Å². The summed E-state index contributed by atoms with van der Waals surface area (Å²) < 4.78 is 7.51. The minimum atomic E-state index is 0.516. The summed E-state index contributed by atoms with van der Waals surface area (Å²) in [7, 11) is 0. The highest BCUT2D eigenvalue weighted by molar-refractivity contribution is 5.00. The van der Waals surface area contributed by atoms with E-state index in [1.807, 2.05) is 6.20 Å². The zero-order valence-electron chi connectivity index (χ0n) is 10.9. The third-order valence-corrected chi connectivity index (χ3v) is 3.52. The topological polar surface area (TPSA) is 39.1 Å². The van der Waals surface area contributed by atoms with Crippen molar-refractivity contribution < 1.29 is 4.74 Å². The maximum Gasteiger partial charge on any atom is 0.0522 e. The van der Waals surface area contributed by atoms with E-state index in [4.69, 9.17) is 4.74 Å². The van der Waals surface area contributed by atoms with Crippen LogP contribution in [-0.4, -0.2) is 29.0 Å². The Morgan fingerprint density at radius 2 is 2.53 bits per heavy atom. The molecule has 1 N–H and O–H groups in total. The van der Waals surface area contributed by atoms with Crippen LogP contribution in [0.15, 0.2) is 12.3 Å². The summed E-state index contributed by atoms with van der Waals surface area (Å²) >= 11 is 0. The lowest BCUT2D eigenvalue weighted by atomic mass is 10.0. The fourth-order valence-corrected chi connectivity index (χ4v) is 2.30. The molecular formula is C13H23N3O. The van der Waals surface area contributed by atoms with Gasteiger partial charge in [0.05, 0.1) is 12.3 Å². The van der Waals surface area contributed by atoms with Crippen LogP contribution in [0.3, 0.4) is 0 Å². The maximum absolute atomic E-state index is 5.42. The van der Waals surface area contributed by atoms with Gasteiger partial charge in [0.1, 0.15) is 0 Å². The number of hydrogen-bond acceptors (Lipinski definition) is 3. The van der Waals surface area contributed by atoms with Gasteiger partial charge >= 0.3 is 0 Å². The zero-order valence-corrected chi connectivity index (χ0v) is 10.9. The van der Waals surface area contributed by atoms with Crippen molar-refractivity contribution in [1.82, 2.24) is 15.1 Å². The average molecular weight is 237 g/mol. The second kappa shape index (κ2) is 6.17. The molecule has 0 amide bonds. The molecule has 1 saturated heterocycles. The lowest BCUT2D eigenvalue weighted by molar-refractivity contribution is 0.178. The van der Waals surface area contributed by atoms with Crippen LogP contribution in [0.25, 0.3) is 0 Å². The van der Waals surface area contributed by atoms with Crippen LogP contribution < -0.4 is 5.32 Å². The molecule has 17 heavy (non-hydrogen) atoms. The predicted octanol–water partition coefficient (Wildman–Crippen LogP) is 1.81. The number of nitrogens with one attached hydrogen (secondary N) is 1. The third-order valence-electron chi connectivity index (χ3n) is 3.52. The molecule has 2 heterocycles. The highest BCUT2D eigenvalue weighted by Gasteiger charge is 2.21. The van der Waals surface area contributed by atoms with E-state index in [9.17, 15) is 0 Å². The van der Waals surface area contributed by atoms with E-state index < -0.39 is 0 Å². The minimum Gasteiger partial charge on any atom is -0.381 e. The molecule has 96 valence electrons. The molecule has 4 nitrogen and oxygen atoms in total. The second-order valence-corrected chi connectivity index (χ2v) is 4.84. The van der Waals surface area contributed by atoms with Crippen LogP contribution in [0.1, 0.15) is 32.4 Å². The van der Waals surface area contributed by atoms with Gasteiger partial charge in [0.2, 0.25) is 0 Å². The first-order valence-corrected chi connectivity index (χ1v) is 6.63. The summed E-state index contributed by atoms with van der Waals surface area (Å²) in [6.07, 6.45) is 4.19. The van der Waals surface area contributed by atoms with Crippen LogP contribution in [-0.2, 0) is 17.8 Å². The van der Waals surface area contributed by atoms with Crippen molar-refractivity contribution in [1.29, 1.82) is 0 Å². The third kappa shape index (κ3) is 3.30. The van der Waals surface area contributed by atoms with Crippen molar-refractivity contribution >= 4 is 0 Å². The lowest BCUT2D eigenvalue weighted by Crippen LogP contribution is -2.34. The van der Waals surface area contributed by atoms with Crippen LogP contribution in [0.2, 0.25) is 0 Å². The Morgan fingerprint density at radius 1 is 1.65 bits per heavy atom. The molecule has 1 aliphatic rings. The maximum atomic E-state index is 5.42. The molecule has 0 saturated carbocycles. The van der Waals surface area contributed by atoms with Gasteiger partial charge in [-0.2, -0.15) is 5.10 Å². The van der Waals surface area contributed by atoms with Gasteiger partial charge in [-0.1, -0.05) is 6.92 Å². The zero-order chi connectivity index (χ0) is 12.1. The molecule has 1 fully saturated rings. The molecule has 0 aromatic carbocycles. The van der Waals surface area contributed by atoms with Crippen molar-refractivity contribution in [3.05, 3.63) is 18.0 Å². The smallest absolute Gasteiger partial charge is 0.0522 e. The van der Waals surface area contributed by atoms with E-state index in [2.05, 4.69) is 35.0 Å². The first-order valence-electron chi connectivity index (χ1n) is 6.63.